The van der Waals surface area contributed by atoms with Crippen molar-refractivity contribution >= 4 is 17.0 Å². The Bertz CT molecular complexity index is 610. The van der Waals surface area contributed by atoms with E-state index in [0.717, 1.165) is 11.0 Å². The third-order valence-corrected chi connectivity index (χ3v) is 2.74. The zero-order chi connectivity index (χ0) is 13.0. The number of fused-ring (bicyclic) bond motifs is 1. The van der Waals surface area contributed by atoms with E-state index in [-0.39, 0.29) is 12.8 Å². The fraction of sp³-hybridized carbons (Fsp3) is 0.308. The summed E-state index contributed by atoms with van der Waals surface area (Å²) in [4.78, 5) is 14.9. The Morgan fingerprint density at radius 3 is 2.94 bits per heavy atom. The number of hydrogen-bond donors (Lipinski definition) is 1. The van der Waals surface area contributed by atoms with Gasteiger partial charge in [-0.2, -0.15) is 5.26 Å². The highest BCUT2D eigenvalue weighted by Gasteiger charge is 2.10. The van der Waals surface area contributed by atoms with E-state index in [9.17, 15) is 4.79 Å². The molecule has 0 atom stereocenters. The Kier molecular flexibility index (Phi) is 3.58. The van der Waals surface area contributed by atoms with E-state index >= 15 is 0 Å². The molecule has 0 radical (unpaired) electrons. The molecule has 92 valence electrons. The van der Waals surface area contributed by atoms with E-state index in [4.69, 9.17) is 10.4 Å². The van der Waals surface area contributed by atoms with Crippen molar-refractivity contribution in [2.24, 2.45) is 0 Å². The van der Waals surface area contributed by atoms with Gasteiger partial charge in [-0.15, -0.1) is 0 Å². The van der Waals surface area contributed by atoms with Crippen LogP contribution in [0.4, 0.5) is 0 Å². The van der Waals surface area contributed by atoms with Gasteiger partial charge < -0.3 is 9.67 Å². The summed E-state index contributed by atoms with van der Waals surface area (Å²) in [6.45, 7) is 0.573. The standard InChI is InChI=1S/C13H13N3O2/c14-8-7-12-15-10-4-1-2-5-11(10)16(12)9-3-6-13(17)18/h1-2,4-5H,3,6-7,9H2,(H,17,18). The highest BCUT2D eigenvalue weighted by molar-refractivity contribution is 5.76. The van der Waals surface area contributed by atoms with Gasteiger partial charge in [-0.1, -0.05) is 12.1 Å². The van der Waals surface area contributed by atoms with Crippen molar-refractivity contribution < 1.29 is 9.90 Å². The molecule has 0 saturated carbocycles. The molecule has 1 aromatic heterocycles. The Balaban J connectivity index is 2.30. The molecule has 2 aromatic rings. The molecule has 0 aliphatic rings. The predicted molar refractivity (Wildman–Crippen MR) is 65.9 cm³/mol. The molecule has 0 fully saturated rings. The molecule has 0 unspecified atom stereocenters. The molecule has 0 aliphatic carbocycles. The van der Waals surface area contributed by atoms with Crippen LogP contribution in [0, 0.1) is 11.3 Å². The molecule has 0 spiro atoms. The van der Waals surface area contributed by atoms with Crippen molar-refractivity contribution in [1.29, 1.82) is 5.26 Å². The minimum absolute atomic E-state index is 0.124. The lowest BCUT2D eigenvalue weighted by Gasteiger charge is -2.06. The van der Waals surface area contributed by atoms with Crippen LogP contribution in [0.3, 0.4) is 0 Å². The quantitative estimate of drug-likeness (QED) is 0.870. The number of benzene rings is 1. The van der Waals surface area contributed by atoms with Crippen molar-refractivity contribution in [3.8, 4) is 6.07 Å². The van der Waals surface area contributed by atoms with E-state index in [0.29, 0.717) is 18.8 Å². The first-order chi connectivity index (χ1) is 8.72. The number of carboxylic acid groups (broad SMARTS) is 1. The second kappa shape index (κ2) is 5.32. The SMILES string of the molecule is N#CCc1nc2ccccc2n1CCCC(=O)O. The number of aliphatic carboxylic acids is 1. The molecule has 5 nitrogen and oxygen atoms in total. The van der Waals surface area contributed by atoms with Crippen molar-refractivity contribution in [2.45, 2.75) is 25.8 Å². The summed E-state index contributed by atoms with van der Waals surface area (Å²) < 4.78 is 1.93. The highest BCUT2D eigenvalue weighted by Crippen LogP contribution is 2.17. The van der Waals surface area contributed by atoms with E-state index < -0.39 is 5.97 Å². The number of para-hydroxylation sites is 2. The van der Waals surface area contributed by atoms with Crippen LogP contribution in [0.5, 0.6) is 0 Å². The summed E-state index contributed by atoms with van der Waals surface area (Å²) in [5, 5.41) is 17.4. The molecule has 0 amide bonds. The van der Waals surface area contributed by atoms with Gasteiger partial charge in [0.15, 0.2) is 0 Å². The van der Waals surface area contributed by atoms with E-state index in [1.165, 1.54) is 0 Å². The van der Waals surface area contributed by atoms with Gasteiger partial charge in [-0.3, -0.25) is 4.79 Å². The van der Waals surface area contributed by atoms with Crippen molar-refractivity contribution in [3.63, 3.8) is 0 Å². The molecular formula is C13H13N3O2. The van der Waals surface area contributed by atoms with Crippen LogP contribution in [-0.2, 0) is 17.8 Å². The molecule has 1 N–H and O–H groups in total. The van der Waals surface area contributed by atoms with E-state index in [2.05, 4.69) is 11.1 Å². The summed E-state index contributed by atoms with van der Waals surface area (Å²) in [5.74, 6) is -0.106. The molecule has 0 aliphatic heterocycles. The third-order valence-electron chi connectivity index (χ3n) is 2.74. The van der Waals surface area contributed by atoms with Crippen molar-refractivity contribution in [3.05, 3.63) is 30.1 Å². The number of nitriles is 1. The topological polar surface area (TPSA) is 78.9 Å². The minimum Gasteiger partial charge on any atom is -0.481 e. The summed E-state index contributed by atoms with van der Waals surface area (Å²) in [6.07, 6.45) is 0.897. The Hall–Kier alpha value is -2.35. The number of imidazole rings is 1. The number of rotatable bonds is 5. The van der Waals surface area contributed by atoms with E-state index in [1.54, 1.807) is 0 Å². The van der Waals surface area contributed by atoms with Gasteiger partial charge in [0, 0.05) is 13.0 Å². The maximum atomic E-state index is 10.5. The summed E-state index contributed by atoms with van der Waals surface area (Å²) in [7, 11) is 0. The van der Waals surface area contributed by atoms with Crippen LogP contribution in [0.15, 0.2) is 24.3 Å². The number of hydrogen-bond acceptors (Lipinski definition) is 3. The molecule has 1 aromatic carbocycles. The smallest absolute Gasteiger partial charge is 0.303 e. The Morgan fingerprint density at radius 1 is 1.44 bits per heavy atom. The zero-order valence-corrected chi connectivity index (χ0v) is 9.83. The first kappa shape index (κ1) is 12.1. The predicted octanol–water partition coefficient (Wildman–Crippen LogP) is 1.97. The van der Waals surface area contributed by atoms with E-state index in [1.807, 2.05) is 28.8 Å². The average Bonchev–Trinajstić information content (AvgIpc) is 2.68. The first-order valence-electron chi connectivity index (χ1n) is 5.75. The van der Waals surface area contributed by atoms with Crippen LogP contribution in [0.1, 0.15) is 18.7 Å². The number of carboxylic acids is 1. The summed E-state index contributed by atoms with van der Waals surface area (Å²) in [6, 6.07) is 9.72. The molecule has 2 rings (SSSR count). The van der Waals surface area contributed by atoms with Gasteiger partial charge in [0.05, 0.1) is 23.5 Å². The van der Waals surface area contributed by atoms with Crippen LogP contribution in [0.25, 0.3) is 11.0 Å². The van der Waals surface area contributed by atoms with Crippen LogP contribution in [0.2, 0.25) is 0 Å². The maximum absolute atomic E-state index is 10.5. The van der Waals surface area contributed by atoms with Crippen molar-refractivity contribution in [1.82, 2.24) is 9.55 Å². The second-order valence-corrected chi connectivity index (χ2v) is 4.00. The fourth-order valence-electron chi connectivity index (χ4n) is 1.97. The van der Waals surface area contributed by atoms with Gasteiger partial charge in [0.1, 0.15) is 5.82 Å². The lowest BCUT2D eigenvalue weighted by Crippen LogP contribution is -2.05. The van der Waals surface area contributed by atoms with Crippen LogP contribution in [-0.4, -0.2) is 20.6 Å². The minimum atomic E-state index is -0.804. The first-order valence-corrected chi connectivity index (χ1v) is 5.75. The Labute approximate surface area is 104 Å². The molecule has 1 heterocycles. The van der Waals surface area contributed by atoms with Crippen LogP contribution >= 0.6 is 0 Å². The molecular weight excluding hydrogens is 230 g/mol. The lowest BCUT2D eigenvalue weighted by atomic mass is 10.3. The van der Waals surface area contributed by atoms with Gasteiger partial charge in [0.2, 0.25) is 0 Å². The number of aromatic nitrogens is 2. The summed E-state index contributed by atoms with van der Waals surface area (Å²) >= 11 is 0. The fourth-order valence-corrected chi connectivity index (χ4v) is 1.97. The molecule has 18 heavy (non-hydrogen) atoms. The molecule has 0 bridgehead atoms. The van der Waals surface area contributed by atoms with Gasteiger partial charge >= 0.3 is 5.97 Å². The van der Waals surface area contributed by atoms with Gasteiger partial charge in [-0.25, -0.2) is 4.98 Å². The summed E-state index contributed by atoms with van der Waals surface area (Å²) in [5.41, 5.74) is 1.80. The molecule has 5 heteroatoms. The maximum Gasteiger partial charge on any atom is 0.303 e. The van der Waals surface area contributed by atoms with Crippen molar-refractivity contribution in [2.75, 3.05) is 0 Å². The second-order valence-electron chi connectivity index (χ2n) is 4.00. The highest BCUT2D eigenvalue weighted by atomic mass is 16.4. The zero-order valence-electron chi connectivity index (χ0n) is 9.83. The Morgan fingerprint density at radius 2 is 2.22 bits per heavy atom. The normalized spacial score (nSPS) is 10.4. The average molecular weight is 243 g/mol. The monoisotopic (exact) mass is 243 g/mol. The largest absolute Gasteiger partial charge is 0.481 e. The third kappa shape index (κ3) is 2.48. The van der Waals surface area contributed by atoms with Gasteiger partial charge in [0.25, 0.3) is 0 Å². The molecule has 0 saturated heterocycles. The number of nitrogens with zero attached hydrogens (tertiary/aromatic N) is 3. The van der Waals surface area contributed by atoms with Gasteiger partial charge in [-0.05, 0) is 18.6 Å². The number of aryl methyl sites for hydroxylation is 1. The van der Waals surface area contributed by atoms with Crippen LogP contribution < -0.4 is 0 Å². The lowest BCUT2D eigenvalue weighted by molar-refractivity contribution is -0.137. The number of carbonyl (C=O) groups is 1.